The van der Waals surface area contributed by atoms with Crippen LogP contribution in [0.25, 0.3) is 0 Å². The number of likely N-dealkylation sites (tertiary alicyclic amines) is 1. The Morgan fingerprint density at radius 3 is 1.88 bits per heavy atom. The summed E-state index contributed by atoms with van der Waals surface area (Å²) in [6.45, 7) is 5.10. The van der Waals surface area contributed by atoms with Crippen LogP contribution in [-0.2, 0) is 9.59 Å². The highest BCUT2D eigenvalue weighted by molar-refractivity contribution is 5.77. The highest BCUT2D eigenvalue weighted by Crippen LogP contribution is 2.16. The van der Waals surface area contributed by atoms with Crippen molar-refractivity contribution in [3.05, 3.63) is 24.5 Å². The van der Waals surface area contributed by atoms with E-state index in [1.165, 1.54) is 12.1 Å². The molecular formula is C20H30N4O2. The first-order chi connectivity index (χ1) is 12.7. The molecule has 0 N–H and O–H groups in total. The molecule has 0 atom stereocenters. The third kappa shape index (κ3) is 5.19. The number of pyridine rings is 1. The molecule has 3 rings (SSSR count). The molecule has 2 aliphatic heterocycles. The number of piperazine rings is 1. The Bertz CT molecular complexity index is 579. The second-order valence-corrected chi connectivity index (χ2v) is 7.22. The molecule has 3 heterocycles. The average Bonchev–Trinajstić information content (AvgIpc) is 2.72. The van der Waals surface area contributed by atoms with Crippen molar-refractivity contribution in [2.24, 2.45) is 0 Å². The third-order valence-electron chi connectivity index (χ3n) is 5.40. The summed E-state index contributed by atoms with van der Waals surface area (Å²) in [6, 6.07) is 4.02. The molecule has 2 amide bonds. The van der Waals surface area contributed by atoms with Crippen molar-refractivity contribution in [3.63, 3.8) is 0 Å². The van der Waals surface area contributed by atoms with E-state index in [0.717, 1.165) is 65.0 Å². The summed E-state index contributed by atoms with van der Waals surface area (Å²) in [4.78, 5) is 34.8. The van der Waals surface area contributed by atoms with E-state index in [2.05, 4.69) is 9.88 Å². The van der Waals surface area contributed by atoms with Gasteiger partial charge in [0.05, 0.1) is 0 Å². The molecular weight excluding hydrogens is 328 g/mol. The highest BCUT2D eigenvalue weighted by Gasteiger charge is 2.21. The van der Waals surface area contributed by atoms with E-state index in [9.17, 15) is 9.59 Å². The van der Waals surface area contributed by atoms with E-state index in [-0.39, 0.29) is 11.8 Å². The second-order valence-electron chi connectivity index (χ2n) is 7.22. The number of hydrogen-bond acceptors (Lipinski definition) is 4. The Labute approximate surface area is 156 Å². The van der Waals surface area contributed by atoms with Gasteiger partial charge in [0.25, 0.3) is 0 Å². The van der Waals surface area contributed by atoms with Crippen LogP contribution in [0.4, 0.5) is 5.69 Å². The van der Waals surface area contributed by atoms with Gasteiger partial charge in [0.2, 0.25) is 11.8 Å². The van der Waals surface area contributed by atoms with Crippen molar-refractivity contribution in [1.29, 1.82) is 0 Å². The fourth-order valence-corrected chi connectivity index (χ4v) is 3.78. The lowest BCUT2D eigenvalue weighted by molar-refractivity contribution is -0.133. The molecule has 1 aromatic rings. The standard InChI is InChI=1S/C20H30N4O2/c25-19(23-12-4-1-5-13-23)6-2-3-7-20(26)24-16-14-22(15-17-24)18-8-10-21-11-9-18/h8-11H,1-7,12-17H2. The van der Waals surface area contributed by atoms with E-state index in [1.54, 1.807) is 12.4 Å². The molecule has 2 saturated heterocycles. The molecule has 0 aromatic carbocycles. The lowest BCUT2D eigenvalue weighted by Crippen LogP contribution is -2.48. The van der Waals surface area contributed by atoms with Crippen LogP contribution in [0.15, 0.2) is 24.5 Å². The van der Waals surface area contributed by atoms with Crippen molar-refractivity contribution in [2.45, 2.75) is 44.9 Å². The van der Waals surface area contributed by atoms with E-state index in [0.29, 0.717) is 12.8 Å². The lowest BCUT2D eigenvalue weighted by atomic mass is 10.1. The van der Waals surface area contributed by atoms with Gasteiger partial charge in [-0.3, -0.25) is 14.6 Å². The number of anilines is 1. The SMILES string of the molecule is O=C(CCCCC(=O)N1CCN(c2ccncc2)CC1)N1CCCCC1. The molecule has 26 heavy (non-hydrogen) atoms. The van der Waals surface area contributed by atoms with Crippen LogP contribution >= 0.6 is 0 Å². The van der Waals surface area contributed by atoms with Crippen LogP contribution in [0, 0.1) is 0 Å². The normalized spacial score (nSPS) is 18.1. The quantitative estimate of drug-likeness (QED) is 0.732. The monoisotopic (exact) mass is 358 g/mol. The summed E-state index contributed by atoms with van der Waals surface area (Å²) in [7, 11) is 0. The first kappa shape index (κ1) is 18.7. The number of piperidine rings is 1. The van der Waals surface area contributed by atoms with E-state index >= 15 is 0 Å². The Morgan fingerprint density at radius 2 is 1.31 bits per heavy atom. The largest absolute Gasteiger partial charge is 0.368 e. The number of aromatic nitrogens is 1. The molecule has 0 saturated carbocycles. The molecule has 0 unspecified atom stereocenters. The average molecular weight is 358 g/mol. The molecule has 6 nitrogen and oxygen atoms in total. The Morgan fingerprint density at radius 1 is 0.769 bits per heavy atom. The summed E-state index contributed by atoms with van der Waals surface area (Å²) in [6.07, 6.45) is 9.89. The zero-order valence-corrected chi connectivity index (χ0v) is 15.6. The van der Waals surface area contributed by atoms with Crippen LogP contribution in [0.3, 0.4) is 0 Å². The second kappa shape index (κ2) is 9.55. The number of unbranched alkanes of at least 4 members (excludes halogenated alkanes) is 1. The molecule has 0 aliphatic carbocycles. The zero-order valence-electron chi connectivity index (χ0n) is 15.6. The van der Waals surface area contributed by atoms with E-state index in [1.807, 2.05) is 21.9 Å². The van der Waals surface area contributed by atoms with Crippen LogP contribution in [0.1, 0.15) is 44.9 Å². The minimum atomic E-state index is 0.227. The lowest BCUT2D eigenvalue weighted by Gasteiger charge is -2.36. The summed E-state index contributed by atoms with van der Waals surface area (Å²) < 4.78 is 0. The van der Waals surface area contributed by atoms with Crippen LogP contribution in [0.5, 0.6) is 0 Å². The first-order valence-corrected chi connectivity index (χ1v) is 9.94. The minimum absolute atomic E-state index is 0.227. The summed E-state index contributed by atoms with van der Waals surface area (Å²) >= 11 is 0. The molecule has 0 bridgehead atoms. The fraction of sp³-hybridized carbons (Fsp3) is 0.650. The maximum atomic E-state index is 12.4. The van der Waals surface area contributed by atoms with Gasteiger partial charge in [-0.15, -0.1) is 0 Å². The number of rotatable bonds is 6. The Balaban J connectivity index is 1.31. The van der Waals surface area contributed by atoms with Gasteiger partial charge >= 0.3 is 0 Å². The van der Waals surface area contributed by atoms with E-state index < -0.39 is 0 Å². The molecule has 0 spiro atoms. The summed E-state index contributed by atoms with van der Waals surface area (Å²) in [5, 5.41) is 0. The van der Waals surface area contributed by atoms with Gasteiger partial charge in [0, 0.05) is 70.2 Å². The molecule has 2 fully saturated rings. The number of amides is 2. The molecule has 6 heteroatoms. The fourth-order valence-electron chi connectivity index (χ4n) is 3.78. The maximum Gasteiger partial charge on any atom is 0.222 e. The molecule has 2 aliphatic rings. The number of hydrogen-bond donors (Lipinski definition) is 0. The van der Waals surface area contributed by atoms with Gasteiger partial charge < -0.3 is 14.7 Å². The summed E-state index contributed by atoms with van der Waals surface area (Å²) in [5.74, 6) is 0.493. The molecule has 0 radical (unpaired) electrons. The Kier molecular flexibility index (Phi) is 6.86. The van der Waals surface area contributed by atoms with Crippen LogP contribution in [0.2, 0.25) is 0 Å². The maximum absolute atomic E-state index is 12.4. The van der Waals surface area contributed by atoms with Crippen molar-refractivity contribution in [2.75, 3.05) is 44.2 Å². The molecule has 142 valence electrons. The molecule has 1 aromatic heterocycles. The van der Waals surface area contributed by atoms with Gasteiger partial charge in [-0.05, 0) is 44.2 Å². The third-order valence-corrected chi connectivity index (χ3v) is 5.40. The zero-order chi connectivity index (χ0) is 18.2. The van der Waals surface area contributed by atoms with E-state index in [4.69, 9.17) is 0 Å². The van der Waals surface area contributed by atoms with Gasteiger partial charge in [-0.25, -0.2) is 0 Å². The van der Waals surface area contributed by atoms with Crippen LogP contribution < -0.4 is 4.90 Å². The highest BCUT2D eigenvalue weighted by atomic mass is 16.2. The smallest absolute Gasteiger partial charge is 0.222 e. The van der Waals surface area contributed by atoms with Crippen LogP contribution in [-0.4, -0.2) is 65.9 Å². The van der Waals surface area contributed by atoms with Gasteiger partial charge in [-0.2, -0.15) is 0 Å². The van der Waals surface area contributed by atoms with Crippen molar-refractivity contribution in [3.8, 4) is 0 Å². The summed E-state index contributed by atoms with van der Waals surface area (Å²) in [5.41, 5.74) is 1.17. The van der Waals surface area contributed by atoms with Gasteiger partial charge in [-0.1, -0.05) is 0 Å². The predicted octanol–water partition coefficient (Wildman–Crippen LogP) is 2.30. The van der Waals surface area contributed by atoms with Crippen molar-refractivity contribution < 1.29 is 9.59 Å². The van der Waals surface area contributed by atoms with Gasteiger partial charge in [0.15, 0.2) is 0 Å². The number of carbonyl (C=O) groups excluding carboxylic acids is 2. The minimum Gasteiger partial charge on any atom is -0.368 e. The first-order valence-electron chi connectivity index (χ1n) is 9.94. The number of carbonyl (C=O) groups is 2. The Hall–Kier alpha value is -2.11. The number of nitrogens with zero attached hydrogens (tertiary/aromatic N) is 4. The van der Waals surface area contributed by atoms with Crippen molar-refractivity contribution >= 4 is 17.5 Å². The van der Waals surface area contributed by atoms with Crippen molar-refractivity contribution in [1.82, 2.24) is 14.8 Å². The van der Waals surface area contributed by atoms with Gasteiger partial charge in [0.1, 0.15) is 0 Å². The topological polar surface area (TPSA) is 56.8 Å². The predicted molar refractivity (Wildman–Crippen MR) is 102 cm³/mol.